The van der Waals surface area contributed by atoms with Crippen LogP contribution in [0.1, 0.15) is 34.1 Å². The largest absolute Gasteiger partial charge is 0.486 e. The maximum absolute atomic E-state index is 5.86. The average molecular weight is 264 g/mol. The molecule has 0 radical (unpaired) electrons. The zero-order valence-corrected chi connectivity index (χ0v) is 13.8. The van der Waals surface area contributed by atoms with E-state index in [0.29, 0.717) is 0 Å². The summed E-state index contributed by atoms with van der Waals surface area (Å²) in [6.45, 7) is 15.0. The smallest absolute Gasteiger partial charge is 0.400 e. The highest BCUT2D eigenvalue weighted by Gasteiger charge is 2.49. The Kier molecular flexibility index (Phi) is 4.53. The molecule has 1 heterocycles. The average Bonchev–Trinajstić information content (AvgIpc) is 2.32. The molecule has 0 aromatic heterocycles. The molecule has 2 nitrogen and oxygen atoms in total. The van der Waals surface area contributed by atoms with Crippen LogP contribution in [0.25, 0.3) is 0 Å². The standard InChI is InChI=1S/C14H25BO2Si/c1-13(2)14(3,4)17-15(16-13)11-9-8-10-12-18(5,6)7/h9,11H,8H2,1-7H3/b11-9+. The summed E-state index contributed by atoms with van der Waals surface area (Å²) >= 11 is 0. The van der Waals surface area contributed by atoms with Crippen LogP contribution >= 0.6 is 0 Å². The molecule has 0 unspecified atom stereocenters. The maximum atomic E-state index is 5.86. The van der Waals surface area contributed by atoms with Crippen LogP contribution in [-0.2, 0) is 9.31 Å². The van der Waals surface area contributed by atoms with Gasteiger partial charge in [-0.15, -0.1) is 11.5 Å². The van der Waals surface area contributed by atoms with Crippen LogP contribution < -0.4 is 0 Å². The van der Waals surface area contributed by atoms with Crippen molar-refractivity contribution in [3.05, 3.63) is 12.1 Å². The van der Waals surface area contributed by atoms with E-state index in [9.17, 15) is 0 Å². The van der Waals surface area contributed by atoms with Crippen LogP contribution in [0.15, 0.2) is 12.1 Å². The second kappa shape index (κ2) is 5.24. The summed E-state index contributed by atoms with van der Waals surface area (Å²) in [6.07, 6.45) is 2.81. The van der Waals surface area contributed by atoms with Crippen LogP contribution in [0.2, 0.25) is 19.6 Å². The van der Waals surface area contributed by atoms with Crippen molar-refractivity contribution >= 4 is 15.2 Å². The Balaban J connectivity index is 2.49. The Morgan fingerprint density at radius 3 is 2.00 bits per heavy atom. The van der Waals surface area contributed by atoms with Gasteiger partial charge < -0.3 is 9.31 Å². The Morgan fingerprint density at radius 2 is 1.56 bits per heavy atom. The van der Waals surface area contributed by atoms with E-state index in [2.05, 4.69) is 58.8 Å². The lowest BCUT2D eigenvalue weighted by Gasteiger charge is -2.32. The van der Waals surface area contributed by atoms with Crippen molar-refractivity contribution in [1.82, 2.24) is 0 Å². The third-order valence-electron chi connectivity index (χ3n) is 3.25. The first kappa shape index (κ1) is 15.6. The van der Waals surface area contributed by atoms with Crippen LogP contribution in [0, 0.1) is 11.5 Å². The summed E-state index contributed by atoms with van der Waals surface area (Å²) in [5.74, 6) is 5.17. The Bertz CT molecular complexity index is 367. The number of hydrogen-bond acceptors (Lipinski definition) is 2. The van der Waals surface area contributed by atoms with E-state index < -0.39 is 8.07 Å². The van der Waals surface area contributed by atoms with Gasteiger partial charge in [0.25, 0.3) is 0 Å². The van der Waals surface area contributed by atoms with Gasteiger partial charge in [-0.05, 0) is 27.7 Å². The molecule has 0 amide bonds. The first-order valence-corrected chi connectivity index (χ1v) is 10.1. The van der Waals surface area contributed by atoms with Crippen molar-refractivity contribution in [2.24, 2.45) is 0 Å². The van der Waals surface area contributed by atoms with Gasteiger partial charge in [0, 0.05) is 6.42 Å². The molecule has 0 aliphatic carbocycles. The van der Waals surface area contributed by atoms with E-state index in [1.807, 2.05) is 12.1 Å². The fourth-order valence-corrected chi connectivity index (χ4v) is 2.15. The van der Waals surface area contributed by atoms with Gasteiger partial charge in [-0.25, -0.2) is 0 Å². The van der Waals surface area contributed by atoms with E-state index in [4.69, 9.17) is 9.31 Å². The van der Waals surface area contributed by atoms with Crippen LogP contribution in [0.3, 0.4) is 0 Å². The van der Waals surface area contributed by atoms with Crippen LogP contribution in [0.5, 0.6) is 0 Å². The molecule has 0 atom stereocenters. The predicted molar refractivity (Wildman–Crippen MR) is 81.0 cm³/mol. The molecule has 1 saturated heterocycles. The van der Waals surface area contributed by atoms with Crippen molar-refractivity contribution in [3.8, 4) is 11.5 Å². The quantitative estimate of drug-likeness (QED) is 0.562. The van der Waals surface area contributed by atoms with Crippen molar-refractivity contribution in [1.29, 1.82) is 0 Å². The molecule has 0 spiro atoms. The summed E-state index contributed by atoms with van der Waals surface area (Å²) in [6, 6.07) is 0. The third kappa shape index (κ3) is 4.31. The zero-order chi connectivity index (χ0) is 14.0. The molecule has 100 valence electrons. The Hall–Kier alpha value is -0.498. The minimum absolute atomic E-state index is 0.247. The molecule has 0 bridgehead atoms. The molecule has 0 aromatic carbocycles. The highest BCUT2D eigenvalue weighted by atomic mass is 28.3. The first-order valence-electron chi connectivity index (χ1n) is 6.56. The predicted octanol–water partition coefficient (Wildman–Crippen LogP) is 3.44. The van der Waals surface area contributed by atoms with Gasteiger partial charge in [0.05, 0.1) is 11.2 Å². The summed E-state index contributed by atoms with van der Waals surface area (Å²) in [5.41, 5.74) is 2.82. The highest BCUT2D eigenvalue weighted by molar-refractivity contribution is 6.83. The van der Waals surface area contributed by atoms with E-state index in [-0.39, 0.29) is 18.3 Å². The second-order valence-electron chi connectivity index (χ2n) is 6.81. The molecule has 0 aromatic rings. The van der Waals surface area contributed by atoms with Crippen molar-refractivity contribution < 1.29 is 9.31 Å². The van der Waals surface area contributed by atoms with Crippen molar-refractivity contribution in [3.63, 3.8) is 0 Å². The fraction of sp³-hybridized carbons (Fsp3) is 0.714. The molecular weight excluding hydrogens is 239 g/mol. The minimum atomic E-state index is -1.24. The topological polar surface area (TPSA) is 18.5 Å². The molecule has 18 heavy (non-hydrogen) atoms. The van der Waals surface area contributed by atoms with Gasteiger partial charge in [0.15, 0.2) is 0 Å². The molecule has 1 fully saturated rings. The normalized spacial score (nSPS) is 22.1. The maximum Gasteiger partial charge on any atom is 0.486 e. The number of allylic oxidation sites excluding steroid dienone is 1. The van der Waals surface area contributed by atoms with Gasteiger partial charge in [-0.2, -0.15) is 0 Å². The minimum Gasteiger partial charge on any atom is -0.400 e. The van der Waals surface area contributed by atoms with E-state index in [1.54, 1.807) is 0 Å². The molecule has 1 rings (SSSR count). The highest BCUT2D eigenvalue weighted by Crippen LogP contribution is 2.36. The van der Waals surface area contributed by atoms with Crippen LogP contribution in [0.4, 0.5) is 0 Å². The molecule has 0 N–H and O–H groups in total. The SMILES string of the molecule is CC1(C)OB(/C=C/CC#C[Si](C)(C)C)OC1(C)C. The fourth-order valence-electron chi connectivity index (χ4n) is 1.52. The molecular formula is C14H25BO2Si. The zero-order valence-electron chi connectivity index (χ0n) is 12.8. The molecule has 4 heteroatoms. The van der Waals surface area contributed by atoms with E-state index in [0.717, 1.165) is 6.42 Å². The summed E-state index contributed by atoms with van der Waals surface area (Å²) in [5, 5.41) is 0. The van der Waals surface area contributed by atoms with Gasteiger partial charge in [0.1, 0.15) is 8.07 Å². The van der Waals surface area contributed by atoms with Crippen LogP contribution in [-0.4, -0.2) is 26.4 Å². The lowest BCUT2D eigenvalue weighted by molar-refractivity contribution is 0.00578. The second-order valence-corrected chi connectivity index (χ2v) is 11.6. The van der Waals surface area contributed by atoms with E-state index >= 15 is 0 Å². The van der Waals surface area contributed by atoms with Gasteiger partial charge >= 0.3 is 7.12 Å². The molecule has 0 saturated carbocycles. The van der Waals surface area contributed by atoms with E-state index in [1.165, 1.54) is 0 Å². The summed E-state index contributed by atoms with van der Waals surface area (Å²) in [7, 11) is -1.49. The van der Waals surface area contributed by atoms with Gasteiger partial charge in [-0.1, -0.05) is 31.7 Å². The third-order valence-corrected chi connectivity index (χ3v) is 4.17. The number of hydrogen-bond donors (Lipinski definition) is 0. The van der Waals surface area contributed by atoms with Crippen molar-refractivity contribution in [2.45, 2.75) is 65.0 Å². The lowest BCUT2D eigenvalue weighted by Crippen LogP contribution is -2.41. The monoisotopic (exact) mass is 264 g/mol. The van der Waals surface area contributed by atoms with Crippen molar-refractivity contribution in [2.75, 3.05) is 0 Å². The first-order chi connectivity index (χ1) is 8.04. The van der Waals surface area contributed by atoms with Gasteiger partial charge in [-0.3, -0.25) is 0 Å². The summed E-state index contributed by atoms with van der Waals surface area (Å²) < 4.78 is 11.7. The Morgan fingerprint density at radius 1 is 1.06 bits per heavy atom. The molecule has 1 aliphatic heterocycles. The molecule has 1 aliphatic rings. The Labute approximate surface area is 113 Å². The number of rotatable bonds is 2. The lowest BCUT2D eigenvalue weighted by atomic mass is 9.90. The summed E-state index contributed by atoms with van der Waals surface area (Å²) in [4.78, 5) is 0. The van der Waals surface area contributed by atoms with Gasteiger partial charge in [0.2, 0.25) is 0 Å².